The first-order valence-electron chi connectivity index (χ1n) is 6.35. The predicted molar refractivity (Wildman–Crippen MR) is 81.1 cm³/mol. The van der Waals surface area contributed by atoms with Gasteiger partial charge in [-0.15, -0.1) is 0 Å². The van der Waals surface area contributed by atoms with E-state index < -0.39 is 20.0 Å². The molecule has 0 radical (unpaired) electrons. The molecule has 0 saturated carbocycles. The Morgan fingerprint density at radius 3 is 2.19 bits per heavy atom. The van der Waals surface area contributed by atoms with Crippen LogP contribution in [0.1, 0.15) is 12.5 Å². The van der Waals surface area contributed by atoms with Gasteiger partial charge >= 0.3 is 0 Å². The van der Waals surface area contributed by atoms with Crippen LogP contribution in [0.2, 0.25) is 0 Å². The SMILES string of the molecule is CNC(C)CNS(=O)(=O)c1ccc(S(=O)(=O)NC)c(C)c1. The first kappa shape index (κ1) is 18.1. The van der Waals surface area contributed by atoms with E-state index in [2.05, 4.69) is 14.8 Å². The normalized spacial score (nSPS) is 14.1. The molecule has 0 aliphatic rings. The lowest BCUT2D eigenvalue weighted by Crippen LogP contribution is -2.37. The van der Waals surface area contributed by atoms with Gasteiger partial charge in [-0.3, -0.25) is 0 Å². The smallest absolute Gasteiger partial charge is 0.240 e. The van der Waals surface area contributed by atoms with E-state index in [0.717, 1.165) is 0 Å². The van der Waals surface area contributed by atoms with Crippen LogP contribution in [0.4, 0.5) is 0 Å². The van der Waals surface area contributed by atoms with Gasteiger partial charge in [0.15, 0.2) is 0 Å². The van der Waals surface area contributed by atoms with Crippen LogP contribution in [0.5, 0.6) is 0 Å². The Hall–Kier alpha value is -1.00. The van der Waals surface area contributed by atoms with Crippen LogP contribution in [0.25, 0.3) is 0 Å². The van der Waals surface area contributed by atoms with Crippen molar-refractivity contribution in [1.29, 1.82) is 0 Å². The van der Waals surface area contributed by atoms with Crippen molar-refractivity contribution in [1.82, 2.24) is 14.8 Å². The van der Waals surface area contributed by atoms with E-state index >= 15 is 0 Å². The molecule has 0 fully saturated rings. The van der Waals surface area contributed by atoms with Crippen molar-refractivity contribution in [3.63, 3.8) is 0 Å². The van der Waals surface area contributed by atoms with Crippen LogP contribution in [0, 0.1) is 6.92 Å². The second-order valence-corrected chi connectivity index (χ2v) is 8.30. The Bertz CT molecular complexity index is 699. The van der Waals surface area contributed by atoms with Gasteiger partial charge in [-0.05, 0) is 51.7 Å². The summed E-state index contributed by atoms with van der Waals surface area (Å²) >= 11 is 0. The van der Waals surface area contributed by atoms with Crippen LogP contribution in [0.3, 0.4) is 0 Å². The van der Waals surface area contributed by atoms with Gasteiger partial charge in [0.1, 0.15) is 0 Å². The molecule has 0 aliphatic carbocycles. The Morgan fingerprint density at radius 2 is 1.71 bits per heavy atom. The third-order valence-electron chi connectivity index (χ3n) is 3.09. The van der Waals surface area contributed by atoms with Crippen LogP contribution < -0.4 is 14.8 Å². The number of aryl methyl sites for hydroxylation is 1. The Kier molecular flexibility index (Phi) is 5.88. The maximum atomic E-state index is 12.1. The van der Waals surface area contributed by atoms with E-state index in [9.17, 15) is 16.8 Å². The molecule has 1 atom stereocenters. The van der Waals surface area contributed by atoms with Gasteiger partial charge in [0.05, 0.1) is 9.79 Å². The highest BCUT2D eigenvalue weighted by molar-refractivity contribution is 7.90. The van der Waals surface area contributed by atoms with Gasteiger partial charge in [-0.2, -0.15) is 0 Å². The Morgan fingerprint density at radius 1 is 1.10 bits per heavy atom. The molecule has 0 aromatic heterocycles. The zero-order chi connectivity index (χ0) is 16.3. The maximum Gasteiger partial charge on any atom is 0.240 e. The number of benzene rings is 1. The van der Waals surface area contributed by atoms with Gasteiger partial charge in [-0.1, -0.05) is 0 Å². The molecule has 0 spiro atoms. The minimum absolute atomic E-state index is 0.00943. The molecule has 0 heterocycles. The summed E-state index contributed by atoms with van der Waals surface area (Å²) < 4.78 is 52.4. The molecular formula is C12H21N3O4S2. The first-order chi connectivity index (χ1) is 9.64. The second-order valence-electron chi connectivity index (χ2n) is 4.68. The van der Waals surface area contributed by atoms with Gasteiger partial charge < -0.3 is 5.32 Å². The molecule has 7 nitrogen and oxygen atoms in total. The summed E-state index contributed by atoms with van der Waals surface area (Å²) in [6.45, 7) is 3.64. The quantitative estimate of drug-likeness (QED) is 0.639. The van der Waals surface area contributed by atoms with Crippen molar-refractivity contribution in [2.24, 2.45) is 0 Å². The highest BCUT2D eigenvalue weighted by Crippen LogP contribution is 2.19. The van der Waals surface area contributed by atoms with Gasteiger partial charge in [0.2, 0.25) is 20.0 Å². The largest absolute Gasteiger partial charge is 0.316 e. The molecule has 1 aromatic rings. The van der Waals surface area contributed by atoms with Crippen LogP contribution in [-0.2, 0) is 20.0 Å². The lowest BCUT2D eigenvalue weighted by molar-refractivity contribution is 0.554. The summed E-state index contributed by atoms with van der Waals surface area (Å²) in [4.78, 5) is 0.103. The molecule has 1 rings (SSSR count). The monoisotopic (exact) mass is 335 g/mol. The standard InChI is InChI=1S/C12H21N3O4S2/c1-9-7-11(5-6-12(9)21(18,19)14-4)20(16,17)15-8-10(2)13-3/h5-7,10,13-15H,8H2,1-4H3. The van der Waals surface area contributed by atoms with Crippen LogP contribution >= 0.6 is 0 Å². The average Bonchev–Trinajstić information content (AvgIpc) is 2.44. The Balaban J connectivity index is 3.09. The van der Waals surface area contributed by atoms with Crippen LogP contribution in [-0.4, -0.2) is 43.5 Å². The van der Waals surface area contributed by atoms with Gasteiger partial charge in [-0.25, -0.2) is 26.3 Å². The van der Waals surface area contributed by atoms with Gasteiger partial charge in [0, 0.05) is 12.6 Å². The number of nitrogens with one attached hydrogen (secondary N) is 3. The zero-order valence-electron chi connectivity index (χ0n) is 12.5. The molecule has 0 bridgehead atoms. The molecule has 1 aromatic carbocycles. The number of likely N-dealkylation sites (N-methyl/N-ethyl adjacent to an activating group) is 1. The summed E-state index contributed by atoms with van der Waals surface area (Å²) in [5, 5.41) is 2.92. The van der Waals surface area contributed by atoms with Crippen LogP contribution in [0.15, 0.2) is 28.0 Å². The number of hydrogen-bond donors (Lipinski definition) is 3. The minimum atomic E-state index is -3.66. The van der Waals surface area contributed by atoms with Crippen molar-refractivity contribution < 1.29 is 16.8 Å². The summed E-state index contributed by atoms with van der Waals surface area (Å²) in [5.41, 5.74) is 0.369. The summed E-state index contributed by atoms with van der Waals surface area (Å²) in [6, 6.07) is 3.90. The number of hydrogen-bond acceptors (Lipinski definition) is 5. The molecule has 0 aliphatic heterocycles. The zero-order valence-corrected chi connectivity index (χ0v) is 14.1. The van der Waals surface area contributed by atoms with Gasteiger partial charge in [0.25, 0.3) is 0 Å². The van der Waals surface area contributed by atoms with E-state index in [1.165, 1.54) is 25.2 Å². The molecular weight excluding hydrogens is 314 g/mol. The topological polar surface area (TPSA) is 104 Å². The summed E-state index contributed by atoms with van der Waals surface area (Å²) in [5.74, 6) is 0. The fraction of sp³-hybridized carbons (Fsp3) is 0.500. The third kappa shape index (κ3) is 4.48. The van der Waals surface area contributed by atoms with Crippen molar-refractivity contribution in [2.45, 2.75) is 29.7 Å². The van der Waals surface area contributed by atoms with E-state index in [4.69, 9.17) is 0 Å². The van der Waals surface area contributed by atoms with Crippen molar-refractivity contribution in [3.8, 4) is 0 Å². The molecule has 1 unspecified atom stereocenters. The van der Waals surface area contributed by atoms with E-state index in [1.807, 2.05) is 6.92 Å². The van der Waals surface area contributed by atoms with Crippen molar-refractivity contribution >= 4 is 20.0 Å². The second kappa shape index (κ2) is 6.84. The predicted octanol–water partition coefficient (Wildman–Crippen LogP) is -0.211. The van der Waals surface area contributed by atoms with E-state index in [1.54, 1.807) is 14.0 Å². The highest BCUT2D eigenvalue weighted by atomic mass is 32.2. The lowest BCUT2D eigenvalue weighted by Gasteiger charge is -2.13. The molecule has 0 saturated heterocycles. The molecule has 3 N–H and O–H groups in total. The maximum absolute atomic E-state index is 12.1. The molecule has 120 valence electrons. The molecule has 9 heteroatoms. The highest BCUT2D eigenvalue weighted by Gasteiger charge is 2.19. The fourth-order valence-corrected chi connectivity index (χ4v) is 3.79. The fourth-order valence-electron chi connectivity index (χ4n) is 1.62. The molecule has 0 amide bonds. The lowest BCUT2D eigenvalue weighted by atomic mass is 10.2. The first-order valence-corrected chi connectivity index (χ1v) is 9.32. The average molecular weight is 335 g/mol. The number of sulfonamides is 2. The number of rotatable bonds is 7. The minimum Gasteiger partial charge on any atom is -0.316 e. The summed E-state index contributed by atoms with van der Waals surface area (Å²) in [6.07, 6.45) is 0. The van der Waals surface area contributed by atoms with E-state index in [-0.39, 0.29) is 22.4 Å². The summed E-state index contributed by atoms with van der Waals surface area (Å²) in [7, 11) is -4.22. The van der Waals surface area contributed by atoms with E-state index in [0.29, 0.717) is 5.56 Å². The van der Waals surface area contributed by atoms with Crippen molar-refractivity contribution in [2.75, 3.05) is 20.6 Å². The van der Waals surface area contributed by atoms with Crippen molar-refractivity contribution in [3.05, 3.63) is 23.8 Å². The molecule has 21 heavy (non-hydrogen) atoms. The third-order valence-corrected chi connectivity index (χ3v) is 6.08. The Labute approximate surface area is 126 Å².